The molecule has 0 spiro atoms. The lowest BCUT2D eigenvalue weighted by molar-refractivity contribution is 0.0137. The van der Waals surface area contributed by atoms with Crippen LogP contribution in [0.4, 0.5) is 4.79 Å². The van der Waals surface area contributed by atoms with Crippen LogP contribution in [0.5, 0.6) is 5.75 Å². The molecule has 9 nitrogen and oxygen atoms in total. The Bertz CT molecular complexity index is 1190. The molecule has 0 atom stereocenters. The summed E-state index contributed by atoms with van der Waals surface area (Å²) in [6.07, 6.45) is 3.10. The molecule has 0 bridgehead atoms. The molecule has 1 amide bonds. The first-order valence-corrected chi connectivity index (χ1v) is 11.6. The first-order valence-electron chi connectivity index (χ1n) is 11.6. The predicted molar refractivity (Wildman–Crippen MR) is 130 cm³/mol. The van der Waals surface area contributed by atoms with Gasteiger partial charge < -0.3 is 18.8 Å². The van der Waals surface area contributed by atoms with Gasteiger partial charge in [-0.15, -0.1) is 5.10 Å². The van der Waals surface area contributed by atoms with Crippen LogP contribution >= 0.6 is 0 Å². The van der Waals surface area contributed by atoms with Gasteiger partial charge in [-0.25, -0.2) is 4.79 Å². The Kier molecular flexibility index (Phi) is 7.63. The van der Waals surface area contributed by atoms with Crippen LogP contribution in [0.1, 0.15) is 32.2 Å². The fourth-order valence-electron chi connectivity index (χ4n) is 3.48. The minimum absolute atomic E-state index is 0.224. The molecule has 1 aliphatic rings. The number of piperazine rings is 1. The average Bonchev–Trinajstić information content (AvgIpc) is 3.32. The standard InChI is InChI=1S/C26H29N5O4/c1-26(2,3)35-25(32)31-15-13-30(14-16-31)17-18-33-22-9-5-4-8-21(22)24-29-28-23(34-24)11-10-20-7-6-12-27-19-20/h4-9,12,19H,13-18H2,1-3H3. The molecule has 1 fully saturated rings. The van der Waals surface area contributed by atoms with E-state index in [1.807, 2.05) is 57.2 Å². The highest BCUT2D eigenvalue weighted by molar-refractivity contribution is 5.68. The highest BCUT2D eigenvalue weighted by Crippen LogP contribution is 2.28. The molecule has 3 aromatic rings. The Balaban J connectivity index is 1.30. The Morgan fingerprint density at radius 1 is 1.06 bits per heavy atom. The smallest absolute Gasteiger partial charge is 0.410 e. The number of amides is 1. The number of hydrogen-bond donors (Lipinski definition) is 0. The summed E-state index contributed by atoms with van der Waals surface area (Å²) in [4.78, 5) is 20.3. The third-order valence-electron chi connectivity index (χ3n) is 5.21. The lowest BCUT2D eigenvalue weighted by Crippen LogP contribution is -2.50. The van der Waals surface area contributed by atoms with E-state index < -0.39 is 5.60 Å². The van der Waals surface area contributed by atoms with Crippen molar-refractivity contribution in [3.05, 3.63) is 60.2 Å². The van der Waals surface area contributed by atoms with Gasteiger partial charge in [-0.2, -0.15) is 0 Å². The molecule has 35 heavy (non-hydrogen) atoms. The van der Waals surface area contributed by atoms with E-state index in [1.165, 1.54) is 0 Å². The molecule has 1 aromatic carbocycles. The summed E-state index contributed by atoms with van der Waals surface area (Å²) in [6.45, 7) is 9.67. The molecule has 182 valence electrons. The zero-order valence-electron chi connectivity index (χ0n) is 20.2. The Hall–Kier alpha value is -3.90. The van der Waals surface area contributed by atoms with Gasteiger partial charge in [0.05, 0.1) is 5.56 Å². The van der Waals surface area contributed by atoms with Crippen molar-refractivity contribution in [2.45, 2.75) is 26.4 Å². The monoisotopic (exact) mass is 475 g/mol. The maximum Gasteiger partial charge on any atom is 0.410 e. The van der Waals surface area contributed by atoms with Crippen molar-refractivity contribution in [3.8, 4) is 29.0 Å². The predicted octanol–water partition coefficient (Wildman–Crippen LogP) is 3.46. The van der Waals surface area contributed by atoms with Crippen LogP contribution in [0.2, 0.25) is 0 Å². The van der Waals surface area contributed by atoms with Gasteiger partial charge in [0.15, 0.2) is 0 Å². The summed E-state index contributed by atoms with van der Waals surface area (Å²) in [5.41, 5.74) is 0.993. The topological polar surface area (TPSA) is 93.8 Å². The van der Waals surface area contributed by atoms with E-state index in [1.54, 1.807) is 17.3 Å². The van der Waals surface area contributed by atoms with E-state index in [4.69, 9.17) is 13.9 Å². The van der Waals surface area contributed by atoms with Gasteiger partial charge in [-0.1, -0.05) is 23.2 Å². The summed E-state index contributed by atoms with van der Waals surface area (Å²) in [5.74, 6) is 7.06. The second-order valence-corrected chi connectivity index (χ2v) is 9.06. The SMILES string of the molecule is CC(C)(C)OC(=O)N1CCN(CCOc2ccccc2-c2nnc(C#Cc3cccnc3)o2)CC1. The van der Waals surface area contributed by atoms with E-state index in [0.717, 1.165) is 25.2 Å². The van der Waals surface area contributed by atoms with Crippen LogP contribution in [0.3, 0.4) is 0 Å². The molecule has 2 aromatic heterocycles. The van der Waals surface area contributed by atoms with Gasteiger partial charge in [-0.3, -0.25) is 9.88 Å². The Morgan fingerprint density at radius 2 is 1.86 bits per heavy atom. The van der Waals surface area contributed by atoms with Crippen molar-refractivity contribution in [2.75, 3.05) is 39.3 Å². The van der Waals surface area contributed by atoms with Crippen LogP contribution in [0.15, 0.2) is 53.2 Å². The fraction of sp³-hybridized carbons (Fsp3) is 0.385. The summed E-state index contributed by atoms with van der Waals surface area (Å²) in [5, 5.41) is 8.16. The van der Waals surface area contributed by atoms with Gasteiger partial charge in [-0.05, 0) is 51.0 Å². The van der Waals surface area contributed by atoms with E-state index in [9.17, 15) is 4.79 Å². The molecule has 3 heterocycles. The van der Waals surface area contributed by atoms with Crippen LogP contribution in [0, 0.1) is 11.8 Å². The summed E-state index contributed by atoms with van der Waals surface area (Å²) < 4.78 is 17.3. The zero-order valence-corrected chi connectivity index (χ0v) is 20.2. The van der Waals surface area contributed by atoms with Crippen molar-refractivity contribution in [1.82, 2.24) is 25.0 Å². The molecule has 1 aliphatic heterocycles. The van der Waals surface area contributed by atoms with E-state index in [2.05, 4.69) is 31.9 Å². The van der Waals surface area contributed by atoms with Crippen LogP contribution in [0.25, 0.3) is 11.5 Å². The van der Waals surface area contributed by atoms with Crippen molar-refractivity contribution in [3.63, 3.8) is 0 Å². The molecule has 0 saturated carbocycles. The number of hydrogen-bond acceptors (Lipinski definition) is 8. The molecule has 0 aliphatic carbocycles. The van der Waals surface area contributed by atoms with E-state index in [0.29, 0.717) is 36.9 Å². The number of pyridine rings is 1. The summed E-state index contributed by atoms with van der Waals surface area (Å²) in [6, 6.07) is 11.2. The molecule has 9 heteroatoms. The maximum atomic E-state index is 12.2. The Labute approximate surface area is 205 Å². The number of para-hydroxylation sites is 1. The second-order valence-electron chi connectivity index (χ2n) is 9.06. The average molecular weight is 476 g/mol. The molecule has 0 radical (unpaired) electrons. The molecular weight excluding hydrogens is 446 g/mol. The summed E-state index contributed by atoms with van der Waals surface area (Å²) in [7, 11) is 0. The first kappa shape index (κ1) is 24.2. The normalized spacial score (nSPS) is 14.2. The van der Waals surface area contributed by atoms with Gasteiger partial charge >= 0.3 is 6.09 Å². The number of rotatable bonds is 5. The van der Waals surface area contributed by atoms with Crippen molar-refractivity contribution in [1.29, 1.82) is 0 Å². The molecule has 4 rings (SSSR count). The molecule has 0 N–H and O–H groups in total. The Morgan fingerprint density at radius 3 is 2.60 bits per heavy atom. The van der Waals surface area contributed by atoms with Crippen molar-refractivity contribution in [2.24, 2.45) is 0 Å². The number of ether oxygens (including phenoxy) is 2. The molecule has 1 saturated heterocycles. The zero-order chi connectivity index (χ0) is 24.7. The highest BCUT2D eigenvalue weighted by atomic mass is 16.6. The third-order valence-corrected chi connectivity index (χ3v) is 5.21. The lowest BCUT2D eigenvalue weighted by Gasteiger charge is -2.35. The van der Waals surface area contributed by atoms with Crippen LogP contribution in [-0.2, 0) is 4.74 Å². The van der Waals surface area contributed by atoms with Gasteiger partial charge in [0.25, 0.3) is 11.8 Å². The number of aromatic nitrogens is 3. The molecule has 0 unspecified atom stereocenters. The van der Waals surface area contributed by atoms with E-state index in [-0.39, 0.29) is 12.0 Å². The number of carbonyl (C=O) groups excluding carboxylic acids is 1. The largest absolute Gasteiger partial charge is 0.491 e. The van der Waals surface area contributed by atoms with Crippen LogP contribution in [-0.4, -0.2) is 76.0 Å². The fourth-order valence-corrected chi connectivity index (χ4v) is 3.48. The van der Waals surface area contributed by atoms with Crippen molar-refractivity contribution < 1.29 is 18.7 Å². The third kappa shape index (κ3) is 7.04. The number of carbonyl (C=O) groups is 1. The minimum Gasteiger partial charge on any atom is -0.491 e. The second kappa shape index (κ2) is 11.0. The highest BCUT2D eigenvalue weighted by Gasteiger charge is 2.25. The minimum atomic E-state index is -0.486. The van der Waals surface area contributed by atoms with Gasteiger partial charge in [0.1, 0.15) is 18.0 Å². The lowest BCUT2D eigenvalue weighted by atomic mass is 10.2. The summed E-state index contributed by atoms with van der Waals surface area (Å²) >= 11 is 0. The molecular formula is C26H29N5O4. The van der Waals surface area contributed by atoms with E-state index >= 15 is 0 Å². The van der Waals surface area contributed by atoms with Gasteiger partial charge in [0, 0.05) is 50.7 Å². The van der Waals surface area contributed by atoms with Gasteiger partial charge in [0.2, 0.25) is 0 Å². The van der Waals surface area contributed by atoms with Crippen LogP contribution < -0.4 is 4.74 Å². The quantitative estimate of drug-likeness (QED) is 0.518. The van der Waals surface area contributed by atoms with Crippen molar-refractivity contribution >= 4 is 6.09 Å². The first-order chi connectivity index (χ1) is 16.9. The number of nitrogens with zero attached hydrogens (tertiary/aromatic N) is 5. The maximum absolute atomic E-state index is 12.2. The number of benzene rings is 1.